The molecule has 3 rings (SSSR count). The van der Waals surface area contributed by atoms with Crippen LogP contribution in [0.5, 0.6) is 5.75 Å². The Hall–Kier alpha value is -3.28. The summed E-state index contributed by atoms with van der Waals surface area (Å²) in [6.45, 7) is 2.01. The smallest absolute Gasteiger partial charge is 0.177 e. The highest BCUT2D eigenvalue weighted by Gasteiger charge is 2.08. The first kappa shape index (κ1) is 18.5. The van der Waals surface area contributed by atoms with Crippen LogP contribution >= 0.6 is 0 Å². The minimum absolute atomic E-state index is 0.0640. The second kappa shape index (κ2) is 8.40. The fourth-order valence-corrected chi connectivity index (χ4v) is 2.67. The van der Waals surface area contributed by atoms with Crippen molar-refractivity contribution in [2.45, 2.75) is 13.0 Å². The molecule has 6 nitrogen and oxygen atoms in total. The average molecular weight is 361 g/mol. The maximum atomic E-state index is 5.40. The van der Waals surface area contributed by atoms with Crippen LogP contribution in [0.2, 0.25) is 0 Å². The maximum absolute atomic E-state index is 5.40. The third-order valence-electron chi connectivity index (χ3n) is 4.26. The number of hydrogen-bond acceptors (Lipinski definition) is 6. The molecule has 0 radical (unpaired) electrons. The lowest BCUT2D eigenvalue weighted by Crippen LogP contribution is -2.08. The number of hydrogen-bond donors (Lipinski definition) is 0. The number of aromatic nitrogens is 2. The summed E-state index contributed by atoms with van der Waals surface area (Å²) in [6, 6.07) is 17.8. The maximum Gasteiger partial charge on any atom is 0.177 e. The summed E-state index contributed by atoms with van der Waals surface area (Å²) in [5.74, 6) is 1.27. The van der Waals surface area contributed by atoms with Crippen molar-refractivity contribution in [2.24, 2.45) is 10.2 Å². The van der Waals surface area contributed by atoms with Crippen molar-refractivity contribution in [1.82, 2.24) is 9.97 Å². The van der Waals surface area contributed by atoms with Crippen LogP contribution in [-0.2, 0) is 0 Å². The van der Waals surface area contributed by atoms with E-state index in [0.717, 1.165) is 28.3 Å². The zero-order valence-electron chi connectivity index (χ0n) is 16.0. The largest absolute Gasteiger partial charge is 0.496 e. The third-order valence-corrected chi connectivity index (χ3v) is 4.26. The Morgan fingerprint density at radius 1 is 1.00 bits per heavy atom. The number of para-hydroxylation sites is 1. The standard InChI is InChI=1S/C21H23N5O/c1-15(16-9-11-17(12-10-16)26(2)3)24-25-21-13-19(22-14-23-21)18-7-5-6-8-20(18)27-4/h5-15H,1-4H3. The molecular weight excluding hydrogens is 338 g/mol. The van der Waals surface area contributed by atoms with Gasteiger partial charge in [0.1, 0.15) is 12.1 Å². The van der Waals surface area contributed by atoms with Gasteiger partial charge in [0.05, 0.1) is 18.8 Å². The number of azo groups is 1. The molecule has 0 saturated heterocycles. The molecule has 0 fully saturated rings. The Balaban J connectivity index is 1.79. The van der Waals surface area contributed by atoms with Crippen molar-refractivity contribution >= 4 is 11.5 Å². The van der Waals surface area contributed by atoms with Crippen LogP contribution in [-0.4, -0.2) is 31.2 Å². The van der Waals surface area contributed by atoms with Gasteiger partial charge in [-0.3, -0.25) is 0 Å². The molecule has 27 heavy (non-hydrogen) atoms. The molecule has 1 aromatic heterocycles. The van der Waals surface area contributed by atoms with Gasteiger partial charge in [-0.1, -0.05) is 24.3 Å². The van der Waals surface area contributed by atoms with Crippen LogP contribution in [0.3, 0.4) is 0 Å². The molecule has 0 amide bonds. The van der Waals surface area contributed by atoms with Gasteiger partial charge in [0.2, 0.25) is 0 Å². The molecule has 0 spiro atoms. The molecule has 0 N–H and O–H groups in total. The van der Waals surface area contributed by atoms with E-state index in [1.165, 1.54) is 6.33 Å². The number of benzene rings is 2. The molecule has 6 heteroatoms. The minimum atomic E-state index is -0.0640. The molecule has 0 aliphatic heterocycles. The molecule has 1 heterocycles. The Bertz CT molecular complexity index is 922. The van der Waals surface area contributed by atoms with Gasteiger partial charge in [-0.15, -0.1) is 5.11 Å². The first-order valence-corrected chi connectivity index (χ1v) is 8.72. The van der Waals surface area contributed by atoms with Crippen molar-refractivity contribution in [3.05, 3.63) is 66.5 Å². The van der Waals surface area contributed by atoms with Gasteiger partial charge in [0.15, 0.2) is 5.82 Å². The molecule has 1 unspecified atom stereocenters. The highest BCUT2D eigenvalue weighted by molar-refractivity contribution is 5.68. The van der Waals surface area contributed by atoms with E-state index >= 15 is 0 Å². The van der Waals surface area contributed by atoms with E-state index in [1.807, 2.05) is 51.4 Å². The topological polar surface area (TPSA) is 63.0 Å². The monoisotopic (exact) mass is 361 g/mol. The molecule has 0 aliphatic rings. The summed E-state index contributed by atoms with van der Waals surface area (Å²) in [6.07, 6.45) is 1.49. The van der Waals surface area contributed by atoms with Crippen LogP contribution in [0, 0.1) is 0 Å². The van der Waals surface area contributed by atoms with E-state index in [1.54, 1.807) is 7.11 Å². The summed E-state index contributed by atoms with van der Waals surface area (Å²) in [7, 11) is 5.68. The summed E-state index contributed by atoms with van der Waals surface area (Å²) in [5.41, 5.74) is 3.90. The third kappa shape index (κ3) is 4.47. The summed E-state index contributed by atoms with van der Waals surface area (Å²) in [5, 5.41) is 8.71. The predicted molar refractivity (Wildman–Crippen MR) is 108 cm³/mol. The number of anilines is 1. The van der Waals surface area contributed by atoms with Gasteiger partial charge in [0.25, 0.3) is 0 Å². The van der Waals surface area contributed by atoms with Crippen LogP contribution in [0.4, 0.5) is 11.5 Å². The average Bonchev–Trinajstić information content (AvgIpc) is 2.72. The van der Waals surface area contributed by atoms with Crippen molar-refractivity contribution in [3.63, 3.8) is 0 Å². The number of methoxy groups -OCH3 is 1. The number of nitrogens with zero attached hydrogens (tertiary/aromatic N) is 5. The molecule has 0 saturated carbocycles. The van der Waals surface area contributed by atoms with E-state index < -0.39 is 0 Å². The Morgan fingerprint density at radius 3 is 2.44 bits per heavy atom. The fraction of sp³-hybridized carbons (Fsp3) is 0.238. The molecular formula is C21H23N5O. The molecule has 138 valence electrons. The lowest BCUT2D eigenvalue weighted by molar-refractivity contribution is 0.416. The van der Waals surface area contributed by atoms with Gasteiger partial charge in [0, 0.05) is 31.4 Å². The second-order valence-corrected chi connectivity index (χ2v) is 6.34. The Morgan fingerprint density at radius 2 is 1.74 bits per heavy atom. The number of ether oxygens (including phenoxy) is 1. The quantitative estimate of drug-likeness (QED) is 0.576. The summed E-state index contributed by atoms with van der Waals surface area (Å²) in [4.78, 5) is 10.6. The van der Waals surface area contributed by atoms with Crippen LogP contribution < -0.4 is 9.64 Å². The van der Waals surface area contributed by atoms with Crippen LogP contribution in [0.15, 0.2) is 71.2 Å². The van der Waals surface area contributed by atoms with Crippen molar-refractivity contribution in [3.8, 4) is 17.0 Å². The Kier molecular flexibility index (Phi) is 5.76. The number of rotatable bonds is 6. The molecule has 0 aliphatic carbocycles. The summed E-state index contributed by atoms with van der Waals surface area (Å²) < 4.78 is 5.40. The highest BCUT2D eigenvalue weighted by Crippen LogP contribution is 2.29. The predicted octanol–water partition coefficient (Wildman–Crippen LogP) is 5.06. The molecule has 1 atom stereocenters. The van der Waals surface area contributed by atoms with E-state index in [4.69, 9.17) is 4.74 Å². The summed E-state index contributed by atoms with van der Waals surface area (Å²) >= 11 is 0. The van der Waals surface area contributed by atoms with E-state index in [0.29, 0.717) is 5.82 Å². The van der Waals surface area contributed by atoms with Gasteiger partial charge in [-0.05, 0) is 36.8 Å². The van der Waals surface area contributed by atoms with Gasteiger partial charge in [-0.25, -0.2) is 9.97 Å². The second-order valence-electron chi connectivity index (χ2n) is 6.34. The SMILES string of the molecule is COc1ccccc1-c1cc(N=NC(C)c2ccc(N(C)C)cc2)ncn1. The van der Waals surface area contributed by atoms with Crippen LogP contribution in [0.1, 0.15) is 18.5 Å². The van der Waals surface area contributed by atoms with Gasteiger partial charge >= 0.3 is 0 Å². The van der Waals surface area contributed by atoms with Gasteiger partial charge < -0.3 is 9.64 Å². The highest BCUT2D eigenvalue weighted by atomic mass is 16.5. The molecule has 0 bridgehead atoms. The van der Waals surface area contributed by atoms with Crippen molar-refractivity contribution < 1.29 is 4.74 Å². The first-order valence-electron chi connectivity index (χ1n) is 8.72. The zero-order chi connectivity index (χ0) is 19.2. The van der Waals surface area contributed by atoms with Crippen LogP contribution in [0.25, 0.3) is 11.3 Å². The normalized spacial score (nSPS) is 12.1. The fourth-order valence-electron chi connectivity index (χ4n) is 2.67. The lowest BCUT2D eigenvalue weighted by Gasteiger charge is -2.13. The van der Waals surface area contributed by atoms with E-state index in [9.17, 15) is 0 Å². The molecule has 3 aromatic rings. The van der Waals surface area contributed by atoms with E-state index in [2.05, 4.69) is 49.4 Å². The van der Waals surface area contributed by atoms with Crippen molar-refractivity contribution in [1.29, 1.82) is 0 Å². The zero-order valence-corrected chi connectivity index (χ0v) is 16.0. The van der Waals surface area contributed by atoms with E-state index in [-0.39, 0.29) is 6.04 Å². The Labute approximate surface area is 159 Å². The lowest BCUT2D eigenvalue weighted by atomic mass is 10.1. The molecule has 2 aromatic carbocycles. The van der Waals surface area contributed by atoms with Crippen molar-refractivity contribution in [2.75, 3.05) is 26.1 Å². The first-order chi connectivity index (χ1) is 13.1. The van der Waals surface area contributed by atoms with Gasteiger partial charge in [-0.2, -0.15) is 5.11 Å². The minimum Gasteiger partial charge on any atom is -0.496 e.